The smallest absolute Gasteiger partial charge is 0.0897 e. The van der Waals surface area contributed by atoms with Crippen molar-refractivity contribution in [2.75, 3.05) is 26.4 Å². The minimum atomic E-state index is -0.511. The molecule has 0 bridgehead atoms. The quantitative estimate of drug-likeness (QED) is 0.619. The molecule has 1 aromatic heterocycles. The van der Waals surface area contributed by atoms with Gasteiger partial charge >= 0.3 is 0 Å². The van der Waals surface area contributed by atoms with E-state index >= 15 is 0 Å². The first-order valence-electron chi connectivity index (χ1n) is 6.66. The predicted octanol–water partition coefficient (Wildman–Crippen LogP) is 0.974. The third-order valence-electron chi connectivity index (χ3n) is 2.40. The lowest BCUT2D eigenvalue weighted by atomic mass is 10.3. The summed E-state index contributed by atoms with van der Waals surface area (Å²) in [4.78, 5) is 4.19. The second kappa shape index (κ2) is 9.86. The molecular formula is C14H24N2O3. The van der Waals surface area contributed by atoms with Gasteiger partial charge in [0.05, 0.1) is 37.7 Å². The lowest BCUT2D eigenvalue weighted by molar-refractivity contribution is -0.0100. The highest BCUT2D eigenvalue weighted by Gasteiger charge is 2.04. The number of rotatable bonds is 10. The van der Waals surface area contributed by atoms with Gasteiger partial charge in [-0.15, -0.1) is 0 Å². The van der Waals surface area contributed by atoms with Crippen molar-refractivity contribution in [3.8, 4) is 0 Å². The average Bonchev–Trinajstić information content (AvgIpc) is 2.39. The van der Waals surface area contributed by atoms with Crippen molar-refractivity contribution >= 4 is 0 Å². The normalized spacial score (nSPS) is 12.8. The molecular weight excluding hydrogens is 244 g/mol. The third kappa shape index (κ3) is 8.67. The molecule has 0 amide bonds. The summed E-state index contributed by atoms with van der Waals surface area (Å²) in [7, 11) is 0. The lowest BCUT2D eigenvalue weighted by Crippen LogP contribution is -2.30. The van der Waals surface area contributed by atoms with Crippen LogP contribution in [0.4, 0.5) is 0 Å². The largest absolute Gasteiger partial charge is 0.389 e. The van der Waals surface area contributed by atoms with E-state index < -0.39 is 6.10 Å². The maximum atomic E-state index is 9.69. The molecule has 0 saturated heterocycles. The van der Waals surface area contributed by atoms with E-state index in [1.807, 2.05) is 32.0 Å². The molecule has 0 fully saturated rings. The molecule has 108 valence electrons. The molecule has 19 heavy (non-hydrogen) atoms. The molecule has 1 heterocycles. The van der Waals surface area contributed by atoms with Crippen molar-refractivity contribution < 1.29 is 14.6 Å². The first-order valence-corrected chi connectivity index (χ1v) is 6.66. The van der Waals surface area contributed by atoms with Crippen molar-refractivity contribution in [1.82, 2.24) is 10.3 Å². The highest BCUT2D eigenvalue weighted by molar-refractivity contribution is 5.02. The number of ether oxygens (including phenoxy) is 2. The Morgan fingerprint density at radius 3 is 2.84 bits per heavy atom. The van der Waals surface area contributed by atoms with Gasteiger partial charge in [0.2, 0.25) is 0 Å². The molecule has 1 atom stereocenters. The van der Waals surface area contributed by atoms with Gasteiger partial charge in [0.1, 0.15) is 0 Å². The summed E-state index contributed by atoms with van der Waals surface area (Å²) < 4.78 is 10.7. The zero-order valence-electron chi connectivity index (χ0n) is 11.7. The van der Waals surface area contributed by atoms with Crippen LogP contribution >= 0.6 is 0 Å². The van der Waals surface area contributed by atoms with Gasteiger partial charge in [-0.25, -0.2) is 0 Å². The van der Waals surface area contributed by atoms with E-state index in [-0.39, 0.29) is 6.10 Å². The number of aromatic nitrogens is 1. The number of pyridine rings is 1. The summed E-state index contributed by atoms with van der Waals surface area (Å²) in [6, 6.07) is 5.77. The van der Waals surface area contributed by atoms with Crippen molar-refractivity contribution in [2.24, 2.45) is 0 Å². The van der Waals surface area contributed by atoms with Crippen LogP contribution in [0.15, 0.2) is 24.4 Å². The second-order valence-electron chi connectivity index (χ2n) is 4.60. The van der Waals surface area contributed by atoms with Crippen molar-refractivity contribution in [1.29, 1.82) is 0 Å². The van der Waals surface area contributed by atoms with Crippen LogP contribution in [0.2, 0.25) is 0 Å². The number of aliphatic hydroxyl groups excluding tert-OH is 1. The molecule has 0 spiro atoms. The monoisotopic (exact) mass is 268 g/mol. The van der Waals surface area contributed by atoms with E-state index in [9.17, 15) is 5.11 Å². The predicted molar refractivity (Wildman–Crippen MR) is 73.9 cm³/mol. The van der Waals surface area contributed by atoms with Crippen LogP contribution in [0.3, 0.4) is 0 Å². The first-order chi connectivity index (χ1) is 9.18. The molecule has 1 rings (SSSR count). The van der Waals surface area contributed by atoms with Crippen LogP contribution in [-0.2, 0) is 16.0 Å². The summed E-state index contributed by atoms with van der Waals surface area (Å²) in [6.07, 6.45) is 1.46. The van der Waals surface area contributed by atoms with Gasteiger partial charge in [-0.2, -0.15) is 0 Å². The molecule has 0 aliphatic carbocycles. The molecule has 2 N–H and O–H groups in total. The number of aliphatic hydroxyl groups is 1. The van der Waals surface area contributed by atoms with Gasteiger partial charge in [-0.1, -0.05) is 6.07 Å². The highest BCUT2D eigenvalue weighted by Crippen LogP contribution is 1.93. The molecule has 0 aliphatic rings. The third-order valence-corrected chi connectivity index (χ3v) is 2.40. The molecule has 1 aromatic rings. The van der Waals surface area contributed by atoms with Crippen LogP contribution in [-0.4, -0.2) is 48.7 Å². The number of hydrogen-bond acceptors (Lipinski definition) is 5. The Morgan fingerprint density at radius 1 is 1.32 bits per heavy atom. The fourth-order valence-corrected chi connectivity index (χ4v) is 1.49. The van der Waals surface area contributed by atoms with Gasteiger partial charge in [0.25, 0.3) is 0 Å². The highest BCUT2D eigenvalue weighted by atomic mass is 16.5. The lowest BCUT2D eigenvalue weighted by Gasteiger charge is -2.13. The van der Waals surface area contributed by atoms with E-state index in [1.54, 1.807) is 6.20 Å². The van der Waals surface area contributed by atoms with Gasteiger partial charge < -0.3 is 19.9 Å². The molecule has 1 unspecified atom stereocenters. The van der Waals surface area contributed by atoms with Crippen LogP contribution in [0.5, 0.6) is 0 Å². The summed E-state index contributed by atoms with van der Waals surface area (Å²) in [5.41, 5.74) is 0.959. The van der Waals surface area contributed by atoms with Crippen LogP contribution < -0.4 is 5.32 Å². The van der Waals surface area contributed by atoms with Crippen molar-refractivity contribution in [3.63, 3.8) is 0 Å². The minimum Gasteiger partial charge on any atom is -0.389 e. The zero-order chi connectivity index (χ0) is 13.9. The summed E-state index contributed by atoms with van der Waals surface area (Å²) in [6.45, 7) is 6.49. The summed E-state index contributed by atoms with van der Waals surface area (Å²) >= 11 is 0. The average molecular weight is 268 g/mol. The molecule has 0 radical (unpaired) electrons. The topological polar surface area (TPSA) is 63.6 Å². The summed E-state index contributed by atoms with van der Waals surface area (Å²) in [5, 5.41) is 12.8. The molecule has 5 nitrogen and oxygen atoms in total. The van der Waals surface area contributed by atoms with E-state index in [0.717, 1.165) is 5.69 Å². The van der Waals surface area contributed by atoms with Crippen molar-refractivity contribution in [2.45, 2.75) is 32.6 Å². The fraction of sp³-hybridized carbons (Fsp3) is 0.643. The van der Waals surface area contributed by atoms with Crippen LogP contribution in [0, 0.1) is 0 Å². The maximum absolute atomic E-state index is 9.69. The molecule has 0 saturated carbocycles. The first kappa shape index (κ1) is 16.0. The fourth-order valence-electron chi connectivity index (χ4n) is 1.49. The number of hydrogen-bond donors (Lipinski definition) is 2. The Balaban J connectivity index is 1.97. The van der Waals surface area contributed by atoms with Crippen molar-refractivity contribution in [3.05, 3.63) is 30.1 Å². The Labute approximate surface area is 115 Å². The Bertz CT molecular complexity index is 320. The van der Waals surface area contributed by atoms with E-state index in [4.69, 9.17) is 9.47 Å². The van der Waals surface area contributed by atoms with Gasteiger partial charge in [0.15, 0.2) is 0 Å². The van der Waals surface area contributed by atoms with Crippen LogP contribution in [0.1, 0.15) is 19.5 Å². The number of nitrogens with zero attached hydrogens (tertiary/aromatic N) is 1. The van der Waals surface area contributed by atoms with Gasteiger partial charge in [-0.3, -0.25) is 4.98 Å². The van der Waals surface area contributed by atoms with E-state index in [1.165, 1.54) is 0 Å². The maximum Gasteiger partial charge on any atom is 0.0897 e. The molecule has 0 aliphatic heterocycles. The summed E-state index contributed by atoms with van der Waals surface area (Å²) in [5.74, 6) is 0. The van der Waals surface area contributed by atoms with E-state index in [2.05, 4.69) is 10.3 Å². The van der Waals surface area contributed by atoms with E-state index in [0.29, 0.717) is 32.9 Å². The Hall–Kier alpha value is -1.01. The second-order valence-corrected chi connectivity index (χ2v) is 4.60. The van der Waals surface area contributed by atoms with Gasteiger partial charge in [-0.05, 0) is 26.0 Å². The Kier molecular flexibility index (Phi) is 8.33. The number of nitrogens with one attached hydrogen (secondary N) is 1. The Morgan fingerprint density at radius 2 is 2.16 bits per heavy atom. The molecule has 0 aromatic carbocycles. The van der Waals surface area contributed by atoms with Crippen LogP contribution in [0.25, 0.3) is 0 Å². The zero-order valence-corrected chi connectivity index (χ0v) is 11.7. The minimum absolute atomic E-state index is 0.216. The molecule has 5 heteroatoms. The van der Waals surface area contributed by atoms with Gasteiger partial charge in [0, 0.05) is 19.3 Å². The SMILES string of the molecule is CC(C)OCCOCC(O)CNCc1ccccn1. The standard InChI is InChI=1S/C14H24N2O3/c1-12(2)19-8-7-18-11-14(17)10-15-9-13-5-3-4-6-16-13/h3-6,12,14-15,17H,7-11H2,1-2H3.